The van der Waals surface area contributed by atoms with Crippen LogP contribution in [0.4, 0.5) is 13.6 Å². The number of amides is 1. The summed E-state index contributed by atoms with van der Waals surface area (Å²) in [4.78, 5) is 13.3. The molecule has 0 aliphatic carbocycles. The highest BCUT2D eigenvalue weighted by Crippen LogP contribution is 2.36. The van der Waals surface area contributed by atoms with Gasteiger partial charge < -0.3 is 4.74 Å². The van der Waals surface area contributed by atoms with E-state index >= 15 is 0 Å². The van der Waals surface area contributed by atoms with Crippen molar-refractivity contribution < 1.29 is 18.3 Å². The number of benzene rings is 1. The Morgan fingerprint density at radius 2 is 1.95 bits per heavy atom. The predicted molar refractivity (Wildman–Crippen MR) is 76.4 cm³/mol. The minimum Gasteiger partial charge on any atom is -0.444 e. The maximum absolute atomic E-state index is 14.1. The van der Waals surface area contributed by atoms with Crippen LogP contribution in [0.3, 0.4) is 0 Å². The maximum Gasteiger partial charge on any atom is 0.410 e. The number of hydrogen-bond acceptors (Lipinski definition) is 2. The molecule has 0 N–H and O–H groups in total. The first-order valence-electron chi connectivity index (χ1n) is 7.10. The molecule has 0 spiro atoms. The van der Waals surface area contributed by atoms with Crippen molar-refractivity contribution in [2.45, 2.75) is 51.2 Å². The molecule has 2 rings (SSSR count). The van der Waals surface area contributed by atoms with Gasteiger partial charge in [-0.25, -0.2) is 13.6 Å². The summed E-state index contributed by atoms with van der Waals surface area (Å²) in [5.41, 5.74) is 0.101. The van der Waals surface area contributed by atoms with E-state index in [0.717, 1.165) is 10.5 Å². The van der Waals surface area contributed by atoms with E-state index in [0.29, 0.717) is 0 Å². The van der Waals surface area contributed by atoms with Gasteiger partial charge in [0.05, 0.1) is 0 Å². The van der Waals surface area contributed by atoms with Crippen molar-refractivity contribution in [3.63, 3.8) is 0 Å². The first kappa shape index (κ1) is 15.7. The van der Waals surface area contributed by atoms with E-state index in [1.807, 2.05) is 6.07 Å². The molecule has 1 saturated heterocycles. The van der Waals surface area contributed by atoms with Crippen molar-refractivity contribution in [3.05, 3.63) is 35.9 Å². The summed E-state index contributed by atoms with van der Waals surface area (Å²) >= 11 is 0. The summed E-state index contributed by atoms with van der Waals surface area (Å²) in [6.45, 7) is 5.21. The zero-order chi connectivity index (χ0) is 15.7. The molecule has 1 aliphatic rings. The smallest absolute Gasteiger partial charge is 0.410 e. The Morgan fingerprint density at radius 1 is 1.33 bits per heavy atom. The monoisotopic (exact) mass is 297 g/mol. The highest BCUT2D eigenvalue weighted by atomic mass is 19.3. The van der Waals surface area contributed by atoms with Gasteiger partial charge >= 0.3 is 6.09 Å². The van der Waals surface area contributed by atoms with Crippen LogP contribution in [0.15, 0.2) is 30.3 Å². The van der Waals surface area contributed by atoms with Gasteiger partial charge in [-0.1, -0.05) is 30.3 Å². The third kappa shape index (κ3) is 3.93. The van der Waals surface area contributed by atoms with E-state index in [1.165, 1.54) is 0 Å². The summed E-state index contributed by atoms with van der Waals surface area (Å²) in [6, 6.07) is 7.89. The molecule has 0 bridgehead atoms. The Hall–Kier alpha value is -1.65. The Balaban J connectivity index is 2.15. The van der Waals surface area contributed by atoms with Crippen LogP contribution in [0, 0.1) is 0 Å². The average molecular weight is 297 g/mol. The van der Waals surface area contributed by atoms with Gasteiger partial charge in [-0.2, -0.15) is 0 Å². The SMILES string of the molecule is CC(C)(C)OC(=O)N1CCC(F)(F)C1Cc1ccccc1. The summed E-state index contributed by atoms with van der Waals surface area (Å²) in [6.07, 6.45) is -0.850. The zero-order valence-corrected chi connectivity index (χ0v) is 12.6. The largest absolute Gasteiger partial charge is 0.444 e. The normalized spacial score (nSPS) is 21.4. The lowest BCUT2D eigenvalue weighted by Gasteiger charge is -2.30. The number of carbonyl (C=O) groups excluding carboxylic acids is 1. The zero-order valence-electron chi connectivity index (χ0n) is 12.6. The number of nitrogens with zero attached hydrogens (tertiary/aromatic N) is 1. The average Bonchev–Trinajstić information content (AvgIpc) is 2.65. The second-order valence-electron chi connectivity index (χ2n) is 6.39. The third-order valence-electron chi connectivity index (χ3n) is 3.45. The van der Waals surface area contributed by atoms with Crippen LogP contribution in [0.25, 0.3) is 0 Å². The second-order valence-corrected chi connectivity index (χ2v) is 6.39. The van der Waals surface area contributed by atoms with Gasteiger partial charge in [-0.15, -0.1) is 0 Å². The molecule has 5 heteroatoms. The van der Waals surface area contributed by atoms with Crippen molar-refractivity contribution in [1.82, 2.24) is 4.90 Å². The standard InChI is InChI=1S/C16H21F2NO2/c1-15(2,3)21-14(20)19-10-9-16(17,18)13(19)11-12-7-5-4-6-8-12/h4-8,13H,9-11H2,1-3H3. The van der Waals surface area contributed by atoms with Crippen LogP contribution in [0.2, 0.25) is 0 Å². The van der Waals surface area contributed by atoms with Crippen molar-refractivity contribution in [2.24, 2.45) is 0 Å². The number of hydrogen-bond donors (Lipinski definition) is 0. The topological polar surface area (TPSA) is 29.5 Å². The maximum atomic E-state index is 14.1. The molecular formula is C16H21F2NO2. The summed E-state index contributed by atoms with van der Waals surface area (Å²) in [5, 5.41) is 0. The summed E-state index contributed by atoms with van der Waals surface area (Å²) in [7, 11) is 0. The molecule has 21 heavy (non-hydrogen) atoms. The van der Waals surface area contributed by atoms with Crippen LogP contribution >= 0.6 is 0 Å². The number of likely N-dealkylation sites (tertiary alicyclic amines) is 1. The molecular weight excluding hydrogens is 276 g/mol. The molecule has 0 aromatic heterocycles. The fourth-order valence-electron chi connectivity index (χ4n) is 2.46. The van der Waals surface area contributed by atoms with Crippen molar-refractivity contribution >= 4 is 6.09 Å². The van der Waals surface area contributed by atoms with Crippen LogP contribution < -0.4 is 0 Å². The number of ether oxygens (including phenoxy) is 1. The van der Waals surface area contributed by atoms with Crippen molar-refractivity contribution in [2.75, 3.05) is 6.54 Å². The Morgan fingerprint density at radius 3 is 2.52 bits per heavy atom. The molecule has 1 aromatic rings. The van der Waals surface area contributed by atoms with Crippen LogP contribution in [-0.4, -0.2) is 35.1 Å². The van der Waals surface area contributed by atoms with Crippen LogP contribution in [0.1, 0.15) is 32.8 Å². The minimum atomic E-state index is -2.88. The highest BCUT2D eigenvalue weighted by molar-refractivity contribution is 5.69. The van der Waals surface area contributed by atoms with Gasteiger partial charge in [0, 0.05) is 13.0 Å². The molecule has 0 radical (unpaired) electrons. The molecule has 3 nitrogen and oxygen atoms in total. The summed E-state index contributed by atoms with van der Waals surface area (Å²) in [5.74, 6) is -2.88. The fourth-order valence-corrected chi connectivity index (χ4v) is 2.46. The molecule has 1 amide bonds. The number of alkyl halides is 2. The number of carbonyl (C=O) groups is 1. The Bertz CT molecular complexity index is 497. The molecule has 0 saturated carbocycles. The highest BCUT2D eigenvalue weighted by Gasteiger charge is 2.51. The van der Waals surface area contributed by atoms with E-state index in [2.05, 4.69) is 0 Å². The van der Waals surface area contributed by atoms with Crippen LogP contribution in [-0.2, 0) is 11.2 Å². The van der Waals surface area contributed by atoms with Gasteiger partial charge in [0.25, 0.3) is 5.92 Å². The van der Waals surface area contributed by atoms with Gasteiger partial charge in [-0.05, 0) is 32.8 Å². The van der Waals surface area contributed by atoms with Crippen molar-refractivity contribution in [1.29, 1.82) is 0 Å². The van der Waals surface area contributed by atoms with E-state index in [1.54, 1.807) is 45.0 Å². The molecule has 1 unspecified atom stereocenters. The fraction of sp³-hybridized carbons (Fsp3) is 0.562. The van der Waals surface area contributed by atoms with E-state index in [-0.39, 0.29) is 19.4 Å². The summed E-state index contributed by atoms with van der Waals surface area (Å²) < 4.78 is 33.4. The first-order chi connectivity index (χ1) is 9.69. The molecule has 1 atom stereocenters. The predicted octanol–water partition coefficient (Wildman–Crippen LogP) is 3.87. The van der Waals surface area contributed by atoms with E-state index in [4.69, 9.17) is 4.74 Å². The first-order valence-corrected chi connectivity index (χ1v) is 7.10. The second kappa shape index (κ2) is 5.62. The lowest BCUT2D eigenvalue weighted by molar-refractivity contribution is -0.0401. The quantitative estimate of drug-likeness (QED) is 0.829. The lowest BCUT2D eigenvalue weighted by atomic mass is 10.0. The molecule has 1 aromatic carbocycles. The third-order valence-corrected chi connectivity index (χ3v) is 3.45. The number of rotatable bonds is 2. The number of halogens is 2. The minimum absolute atomic E-state index is 0.0272. The molecule has 1 aliphatic heterocycles. The lowest BCUT2D eigenvalue weighted by Crippen LogP contribution is -2.45. The molecule has 1 fully saturated rings. The van der Waals surface area contributed by atoms with Gasteiger partial charge in [0.2, 0.25) is 0 Å². The van der Waals surface area contributed by atoms with Crippen LogP contribution in [0.5, 0.6) is 0 Å². The Kier molecular flexibility index (Phi) is 4.21. The van der Waals surface area contributed by atoms with Crippen molar-refractivity contribution in [3.8, 4) is 0 Å². The van der Waals surface area contributed by atoms with E-state index < -0.39 is 23.7 Å². The van der Waals surface area contributed by atoms with Gasteiger partial charge in [0.15, 0.2) is 0 Å². The van der Waals surface area contributed by atoms with E-state index in [9.17, 15) is 13.6 Å². The van der Waals surface area contributed by atoms with Gasteiger partial charge in [-0.3, -0.25) is 4.90 Å². The molecule has 116 valence electrons. The van der Waals surface area contributed by atoms with Gasteiger partial charge in [0.1, 0.15) is 11.6 Å². The molecule has 1 heterocycles. The Labute approximate surface area is 123 Å².